The van der Waals surface area contributed by atoms with Gasteiger partial charge in [0.05, 0.1) is 22.5 Å². The molecule has 8 nitrogen and oxygen atoms in total. The summed E-state index contributed by atoms with van der Waals surface area (Å²) in [5, 5.41) is 4.12. The first-order valence-corrected chi connectivity index (χ1v) is 13.2. The highest BCUT2D eigenvalue weighted by atomic mass is 32.2. The Labute approximate surface area is 229 Å². The Morgan fingerprint density at radius 2 is 1.77 bits per heavy atom. The molecule has 1 N–H and O–H groups in total. The van der Waals surface area contributed by atoms with E-state index >= 15 is 4.39 Å². The van der Waals surface area contributed by atoms with Gasteiger partial charge >= 0.3 is 0 Å². The minimum atomic E-state index is -2.97. The third-order valence-electron chi connectivity index (χ3n) is 6.46. The van der Waals surface area contributed by atoms with Crippen molar-refractivity contribution < 1.29 is 17.9 Å². The van der Waals surface area contributed by atoms with Gasteiger partial charge in [-0.25, -0.2) is 18.2 Å². The topological polar surface area (TPSA) is 71.3 Å². The molecule has 4 aromatic rings. The fourth-order valence-corrected chi connectivity index (χ4v) is 4.95. The van der Waals surface area contributed by atoms with E-state index in [1.165, 1.54) is 18.0 Å². The molecule has 3 heterocycles. The summed E-state index contributed by atoms with van der Waals surface area (Å²) in [7, 11) is 3.80. The molecule has 1 fully saturated rings. The quantitative estimate of drug-likeness (QED) is 0.269. The molecule has 1 aliphatic rings. The van der Waals surface area contributed by atoms with E-state index in [0.717, 1.165) is 23.5 Å². The second kappa shape index (κ2) is 11.5. The lowest BCUT2D eigenvalue weighted by Crippen LogP contribution is -2.44. The predicted molar refractivity (Wildman–Crippen MR) is 146 cm³/mol. The Kier molecular flexibility index (Phi) is 7.94. The molecule has 12 heteroatoms. The highest BCUT2D eigenvalue weighted by molar-refractivity contribution is 8.00. The van der Waals surface area contributed by atoms with Crippen LogP contribution >= 0.6 is 11.9 Å². The minimum absolute atomic E-state index is 0.0121. The molecule has 39 heavy (non-hydrogen) atoms. The summed E-state index contributed by atoms with van der Waals surface area (Å²) < 4.78 is 55.4. The molecule has 5 rings (SSSR count). The van der Waals surface area contributed by atoms with Gasteiger partial charge in [0.15, 0.2) is 11.6 Å². The number of likely N-dealkylation sites (N-methyl/N-ethyl adjacent to an activating group) is 1. The van der Waals surface area contributed by atoms with E-state index in [2.05, 4.69) is 24.7 Å². The van der Waals surface area contributed by atoms with Crippen molar-refractivity contribution in [1.82, 2.24) is 24.6 Å². The number of piperazine rings is 1. The number of alkyl halides is 2. The van der Waals surface area contributed by atoms with Crippen molar-refractivity contribution in [2.45, 2.75) is 18.2 Å². The summed E-state index contributed by atoms with van der Waals surface area (Å²) >= 11 is 1.17. The van der Waals surface area contributed by atoms with Crippen molar-refractivity contribution in [3.63, 3.8) is 0 Å². The molecule has 0 spiro atoms. The Hall–Kier alpha value is -3.77. The lowest BCUT2D eigenvalue weighted by molar-refractivity contribution is 0.147. The highest BCUT2D eigenvalue weighted by Crippen LogP contribution is 2.41. The standard InChI is InChI=1S/C27H28F3N7OS/c1-17-7-4-5-8-19(17)24-22(25(29)30)26(33-27(32-24)34-39-18-15-31-36(3)16-18)38-21-10-6-9-20(23(21)28)37-13-11-35(2)12-14-37/h4-10,15-16,25H,11-14H2,1-3H3,(H,32,33,34). The molecule has 0 bridgehead atoms. The second-order valence-electron chi connectivity index (χ2n) is 9.27. The maximum atomic E-state index is 15.7. The van der Waals surface area contributed by atoms with Crippen molar-refractivity contribution in [2.75, 3.05) is 42.8 Å². The Balaban J connectivity index is 1.56. The maximum absolute atomic E-state index is 15.7. The fourth-order valence-electron chi connectivity index (χ4n) is 4.34. The molecule has 1 aliphatic heterocycles. The fraction of sp³-hybridized carbons (Fsp3) is 0.296. The molecular formula is C27H28F3N7OS. The molecule has 0 saturated carbocycles. The number of anilines is 2. The zero-order valence-corrected chi connectivity index (χ0v) is 22.6. The number of benzene rings is 2. The molecule has 0 aliphatic carbocycles. The van der Waals surface area contributed by atoms with E-state index in [0.29, 0.717) is 24.3 Å². The number of rotatable bonds is 8. The summed E-state index contributed by atoms with van der Waals surface area (Å²) in [5.41, 5.74) is 1.11. The normalized spacial score (nSPS) is 14.2. The van der Waals surface area contributed by atoms with Crippen molar-refractivity contribution in [3.05, 3.63) is 71.8 Å². The molecular weight excluding hydrogens is 527 g/mol. The smallest absolute Gasteiger partial charge is 0.271 e. The zero-order valence-electron chi connectivity index (χ0n) is 21.7. The first-order valence-electron chi connectivity index (χ1n) is 12.4. The first kappa shape index (κ1) is 26.8. The van der Waals surface area contributed by atoms with Crippen LogP contribution in [-0.2, 0) is 7.05 Å². The van der Waals surface area contributed by atoms with E-state index < -0.39 is 23.7 Å². The molecule has 0 unspecified atom stereocenters. The predicted octanol–water partition coefficient (Wildman–Crippen LogP) is 5.93. The van der Waals surface area contributed by atoms with Crippen molar-refractivity contribution in [2.24, 2.45) is 7.05 Å². The van der Waals surface area contributed by atoms with Crippen LogP contribution in [0.4, 0.5) is 24.8 Å². The second-order valence-corrected chi connectivity index (χ2v) is 10.1. The van der Waals surface area contributed by atoms with Gasteiger partial charge in [-0.1, -0.05) is 30.3 Å². The zero-order chi connectivity index (χ0) is 27.5. The SMILES string of the molecule is Cc1ccccc1-c1nc(NSc2cnn(C)c2)nc(Oc2cccc(N3CCN(C)CC3)c2F)c1C(F)F. The highest BCUT2D eigenvalue weighted by Gasteiger charge is 2.28. The van der Waals surface area contributed by atoms with Gasteiger partial charge in [0.25, 0.3) is 6.43 Å². The van der Waals surface area contributed by atoms with E-state index in [4.69, 9.17) is 4.74 Å². The maximum Gasteiger partial charge on any atom is 0.271 e. The molecule has 0 atom stereocenters. The largest absolute Gasteiger partial charge is 0.435 e. The van der Waals surface area contributed by atoms with Crippen LogP contribution in [0.25, 0.3) is 11.3 Å². The van der Waals surface area contributed by atoms with Crippen LogP contribution in [0, 0.1) is 12.7 Å². The van der Waals surface area contributed by atoms with Gasteiger partial charge in [0.1, 0.15) is 5.56 Å². The van der Waals surface area contributed by atoms with Crippen molar-refractivity contribution in [1.29, 1.82) is 0 Å². The van der Waals surface area contributed by atoms with E-state index in [1.54, 1.807) is 48.4 Å². The molecule has 0 radical (unpaired) electrons. The average molecular weight is 556 g/mol. The summed E-state index contributed by atoms with van der Waals surface area (Å²) in [4.78, 5) is 13.5. The minimum Gasteiger partial charge on any atom is -0.435 e. The van der Waals surface area contributed by atoms with Gasteiger partial charge in [-0.2, -0.15) is 10.1 Å². The number of hydrogen-bond donors (Lipinski definition) is 1. The number of aryl methyl sites for hydroxylation is 2. The average Bonchev–Trinajstić information content (AvgIpc) is 3.34. The molecule has 1 saturated heterocycles. The molecule has 0 amide bonds. The van der Waals surface area contributed by atoms with Gasteiger partial charge < -0.3 is 14.5 Å². The van der Waals surface area contributed by atoms with Crippen LogP contribution in [0.15, 0.2) is 59.8 Å². The number of nitrogens with one attached hydrogen (secondary N) is 1. The number of hydrogen-bond acceptors (Lipinski definition) is 8. The van der Waals surface area contributed by atoms with Crippen molar-refractivity contribution in [3.8, 4) is 22.9 Å². The Morgan fingerprint density at radius 3 is 2.46 bits per heavy atom. The van der Waals surface area contributed by atoms with Crippen LogP contribution in [0.5, 0.6) is 11.6 Å². The number of nitrogens with zero attached hydrogens (tertiary/aromatic N) is 6. The van der Waals surface area contributed by atoms with Crippen LogP contribution < -0.4 is 14.4 Å². The number of ether oxygens (including phenoxy) is 1. The first-order chi connectivity index (χ1) is 18.8. The van der Waals surface area contributed by atoms with Gasteiger partial charge in [-0.05, 0) is 43.6 Å². The third-order valence-corrected chi connectivity index (χ3v) is 7.20. The van der Waals surface area contributed by atoms with Crippen LogP contribution in [-0.4, -0.2) is 57.9 Å². The number of halogens is 3. The molecule has 204 valence electrons. The summed E-state index contributed by atoms with van der Waals surface area (Å²) in [6, 6.07) is 11.8. The van der Waals surface area contributed by atoms with Crippen LogP contribution in [0.3, 0.4) is 0 Å². The lowest BCUT2D eigenvalue weighted by atomic mass is 10.0. The lowest BCUT2D eigenvalue weighted by Gasteiger charge is -2.34. The van der Waals surface area contributed by atoms with E-state index in [-0.39, 0.29) is 17.4 Å². The van der Waals surface area contributed by atoms with Gasteiger partial charge in [0, 0.05) is 45.0 Å². The van der Waals surface area contributed by atoms with E-state index in [1.807, 2.05) is 31.0 Å². The third kappa shape index (κ3) is 5.96. The van der Waals surface area contributed by atoms with Crippen LogP contribution in [0.2, 0.25) is 0 Å². The summed E-state index contributed by atoms with van der Waals surface area (Å²) in [5.74, 6) is -1.19. The van der Waals surface area contributed by atoms with E-state index in [9.17, 15) is 8.78 Å². The van der Waals surface area contributed by atoms with Crippen LogP contribution in [0.1, 0.15) is 17.6 Å². The van der Waals surface area contributed by atoms with Gasteiger partial charge in [0.2, 0.25) is 11.8 Å². The molecule has 2 aromatic heterocycles. The number of aromatic nitrogens is 4. The summed E-state index contributed by atoms with van der Waals surface area (Å²) in [6.45, 7) is 4.67. The van der Waals surface area contributed by atoms with Gasteiger partial charge in [-0.15, -0.1) is 0 Å². The van der Waals surface area contributed by atoms with Crippen molar-refractivity contribution >= 4 is 23.6 Å². The van der Waals surface area contributed by atoms with Gasteiger partial charge in [-0.3, -0.25) is 9.40 Å². The Morgan fingerprint density at radius 1 is 1.00 bits per heavy atom. The summed E-state index contributed by atoms with van der Waals surface area (Å²) in [6.07, 6.45) is 0.451. The monoisotopic (exact) mass is 555 g/mol. The molecule has 2 aromatic carbocycles. The Bertz CT molecular complexity index is 1460.